The summed E-state index contributed by atoms with van der Waals surface area (Å²) >= 11 is 0. The molecular formula is C14H19ClN4. The zero-order valence-corrected chi connectivity index (χ0v) is 11.6. The average molecular weight is 279 g/mol. The number of likely N-dealkylation sites (tertiary alicyclic amines) is 1. The highest BCUT2D eigenvalue weighted by atomic mass is 35.5. The number of aromatic nitrogens is 2. The van der Waals surface area contributed by atoms with Gasteiger partial charge in [0.25, 0.3) is 0 Å². The van der Waals surface area contributed by atoms with Gasteiger partial charge in [-0.05, 0) is 30.2 Å². The quantitative estimate of drug-likeness (QED) is 0.932. The smallest absolute Gasteiger partial charge is 0.0645 e. The van der Waals surface area contributed by atoms with Gasteiger partial charge in [0, 0.05) is 38.1 Å². The molecule has 0 spiro atoms. The van der Waals surface area contributed by atoms with E-state index < -0.39 is 0 Å². The van der Waals surface area contributed by atoms with Gasteiger partial charge in [0.05, 0.1) is 5.69 Å². The van der Waals surface area contributed by atoms with E-state index in [1.165, 1.54) is 5.56 Å². The van der Waals surface area contributed by atoms with Crippen molar-refractivity contribution in [1.29, 1.82) is 0 Å². The number of halogens is 1. The second-order valence-electron chi connectivity index (χ2n) is 4.90. The van der Waals surface area contributed by atoms with Crippen molar-refractivity contribution in [1.82, 2.24) is 14.7 Å². The van der Waals surface area contributed by atoms with Gasteiger partial charge in [-0.1, -0.05) is 12.1 Å². The summed E-state index contributed by atoms with van der Waals surface area (Å²) in [4.78, 5) is 2.41. The van der Waals surface area contributed by atoms with Crippen LogP contribution < -0.4 is 5.73 Å². The van der Waals surface area contributed by atoms with Gasteiger partial charge in [-0.15, -0.1) is 12.4 Å². The maximum Gasteiger partial charge on any atom is 0.0645 e. The summed E-state index contributed by atoms with van der Waals surface area (Å²) in [6, 6.07) is 10.8. The summed E-state index contributed by atoms with van der Waals surface area (Å²) in [5, 5.41) is 4.22. The minimum Gasteiger partial charge on any atom is -0.326 e. The topological polar surface area (TPSA) is 47.1 Å². The summed E-state index contributed by atoms with van der Waals surface area (Å²) in [6.45, 7) is 3.12. The van der Waals surface area contributed by atoms with Gasteiger partial charge in [-0.25, -0.2) is 4.68 Å². The van der Waals surface area contributed by atoms with E-state index in [9.17, 15) is 0 Å². The van der Waals surface area contributed by atoms with Crippen molar-refractivity contribution in [3.05, 3.63) is 48.3 Å². The van der Waals surface area contributed by atoms with Gasteiger partial charge < -0.3 is 5.73 Å². The minimum atomic E-state index is 0. The predicted octanol–water partition coefficient (Wildman–Crippen LogP) is 1.83. The Bertz CT molecular complexity index is 495. The molecule has 0 saturated carbocycles. The van der Waals surface area contributed by atoms with Crippen LogP contribution in [0.3, 0.4) is 0 Å². The average Bonchev–Trinajstić information content (AvgIpc) is 3.02. The van der Waals surface area contributed by atoms with Crippen molar-refractivity contribution in [2.24, 2.45) is 5.73 Å². The number of benzene rings is 1. The molecule has 5 heteroatoms. The zero-order valence-electron chi connectivity index (χ0n) is 10.8. The molecule has 4 nitrogen and oxygen atoms in total. The highest BCUT2D eigenvalue weighted by molar-refractivity contribution is 5.85. The van der Waals surface area contributed by atoms with Gasteiger partial charge in [0.1, 0.15) is 0 Å². The molecule has 1 aliphatic rings. The molecule has 0 radical (unpaired) electrons. The first-order chi connectivity index (χ1) is 8.81. The van der Waals surface area contributed by atoms with Crippen LogP contribution in [0, 0.1) is 0 Å². The van der Waals surface area contributed by atoms with Crippen molar-refractivity contribution in [3.63, 3.8) is 0 Å². The molecular weight excluding hydrogens is 260 g/mol. The Morgan fingerprint density at radius 2 is 2.05 bits per heavy atom. The molecule has 0 bridgehead atoms. The van der Waals surface area contributed by atoms with Crippen molar-refractivity contribution in [2.45, 2.75) is 19.0 Å². The lowest BCUT2D eigenvalue weighted by atomic mass is 10.2. The van der Waals surface area contributed by atoms with E-state index >= 15 is 0 Å². The molecule has 3 rings (SSSR count). The summed E-state index contributed by atoms with van der Waals surface area (Å²) in [6.07, 6.45) is 4.86. The van der Waals surface area contributed by atoms with Crippen LogP contribution in [-0.2, 0) is 6.54 Å². The second-order valence-corrected chi connectivity index (χ2v) is 4.90. The predicted molar refractivity (Wildman–Crippen MR) is 78.7 cm³/mol. The Hall–Kier alpha value is -1.36. The number of rotatable bonds is 3. The Balaban J connectivity index is 0.00000133. The van der Waals surface area contributed by atoms with Gasteiger partial charge in [0.15, 0.2) is 0 Å². The first-order valence-corrected chi connectivity index (χ1v) is 6.38. The van der Waals surface area contributed by atoms with E-state index in [-0.39, 0.29) is 12.4 Å². The van der Waals surface area contributed by atoms with E-state index in [2.05, 4.69) is 34.3 Å². The van der Waals surface area contributed by atoms with Crippen molar-refractivity contribution in [3.8, 4) is 5.69 Å². The molecule has 19 heavy (non-hydrogen) atoms. The third-order valence-corrected chi connectivity index (χ3v) is 3.42. The Morgan fingerprint density at radius 3 is 2.63 bits per heavy atom. The van der Waals surface area contributed by atoms with Crippen LogP contribution in [0.15, 0.2) is 42.7 Å². The lowest BCUT2D eigenvalue weighted by molar-refractivity contribution is 0.327. The molecule has 1 saturated heterocycles. The maximum atomic E-state index is 5.91. The molecule has 0 amide bonds. The summed E-state index contributed by atoms with van der Waals surface area (Å²) in [5.74, 6) is 0. The van der Waals surface area contributed by atoms with E-state index in [1.807, 2.05) is 16.9 Å². The SMILES string of the molecule is Cl.N[C@@H]1CCN(Cc2ccc(-n3cccn3)cc2)C1. The van der Waals surface area contributed by atoms with Gasteiger partial charge in [-0.2, -0.15) is 5.10 Å². The number of nitrogens with two attached hydrogens (primary N) is 1. The fraction of sp³-hybridized carbons (Fsp3) is 0.357. The third kappa shape index (κ3) is 3.35. The second kappa shape index (κ2) is 6.19. The highest BCUT2D eigenvalue weighted by Crippen LogP contribution is 2.14. The Morgan fingerprint density at radius 1 is 1.26 bits per heavy atom. The van der Waals surface area contributed by atoms with E-state index in [4.69, 9.17) is 5.73 Å². The highest BCUT2D eigenvalue weighted by Gasteiger charge is 2.18. The van der Waals surface area contributed by atoms with Gasteiger partial charge in [0.2, 0.25) is 0 Å². The van der Waals surface area contributed by atoms with Crippen LogP contribution in [0.25, 0.3) is 5.69 Å². The third-order valence-electron chi connectivity index (χ3n) is 3.42. The summed E-state index contributed by atoms with van der Waals surface area (Å²) < 4.78 is 1.87. The van der Waals surface area contributed by atoms with Crippen LogP contribution in [0.2, 0.25) is 0 Å². The molecule has 1 aliphatic heterocycles. The minimum absolute atomic E-state index is 0. The Kier molecular flexibility index (Phi) is 4.58. The van der Waals surface area contributed by atoms with E-state index in [0.29, 0.717) is 6.04 Å². The largest absolute Gasteiger partial charge is 0.326 e. The molecule has 0 aliphatic carbocycles. The molecule has 2 aromatic rings. The standard InChI is InChI=1S/C14H18N4.ClH/c15-13-6-9-17(11-13)10-12-2-4-14(5-3-12)18-8-1-7-16-18;/h1-5,7-8,13H,6,9-11,15H2;1H/t13-;/m1./s1. The monoisotopic (exact) mass is 278 g/mol. The number of hydrogen-bond donors (Lipinski definition) is 1. The maximum absolute atomic E-state index is 5.91. The first kappa shape index (κ1) is 14.1. The fourth-order valence-electron chi connectivity index (χ4n) is 2.44. The number of nitrogens with zero attached hydrogens (tertiary/aromatic N) is 3. The summed E-state index contributed by atoms with van der Waals surface area (Å²) in [7, 11) is 0. The van der Waals surface area contributed by atoms with E-state index in [0.717, 1.165) is 31.7 Å². The summed E-state index contributed by atoms with van der Waals surface area (Å²) in [5.41, 5.74) is 8.35. The normalized spacial score (nSPS) is 19.3. The van der Waals surface area contributed by atoms with Crippen LogP contribution in [0.5, 0.6) is 0 Å². The van der Waals surface area contributed by atoms with Crippen LogP contribution >= 0.6 is 12.4 Å². The molecule has 1 aromatic heterocycles. The fourth-order valence-corrected chi connectivity index (χ4v) is 2.44. The van der Waals surface area contributed by atoms with Gasteiger partial charge >= 0.3 is 0 Å². The lowest BCUT2D eigenvalue weighted by Crippen LogP contribution is -2.26. The van der Waals surface area contributed by atoms with Gasteiger partial charge in [-0.3, -0.25) is 4.90 Å². The van der Waals surface area contributed by atoms with Crippen molar-refractivity contribution < 1.29 is 0 Å². The van der Waals surface area contributed by atoms with Crippen LogP contribution in [0.1, 0.15) is 12.0 Å². The molecule has 2 heterocycles. The number of hydrogen-bond acceptors (Lipinski definition) is 3. The molecule has 1 aromatic carbocycles. The van der Waals surface area contributed by atoms with Crippen LogP contribution in [0.4, 0.5) is 0 Å². The molecule has 1 atom stereocenters. The van der Waals surface area contributed by atoms with Crippen LogP contribution in [-0.4, -0.2) is 33.8 Å². The molecule has 0 unspecified atom stereocenters. The Labute approximate surface area is 119 Å². The lowest BCUT2D eigenvalue weighted by Gasteiger charge is -2.15. The van der Waals surface area contributed by atoms with Crippen molar-refractivity contribution in [2.75, 3.05) is 13.1 Å². The molecule has 1 fully saturated rings. The van der Waals surface area contributed by atoms with Crippen molar-refractivity contribution >= 4 is 12.4 Å². The molecule has 102 valence electrons. The zero-order chi connectivity index (χ0) is 12.4. The van der Waals surface area contributed by atoms with E-state index in [1.54, 1.807) is 6.20 Å². The molecule has 2 N–H and O–H groups in total. The first-order valence-electron chi connectivity index (χ1n) is 6.38.